The van der Waals surface area contributed by atoms with Crippen LogP contribution >= 0.6 is 15.9 Å². The topological polar surface area (TPSA) is 46.6 Å². The summed E-state index contributed by atoms with van der Waals surface area (Å²) in [5.74, 6) is 0. The molecular formula is C13H16BrN3O2. The molecular weight excluding hydrogens is 310 g/mol. The molecule has 1 N–H and O–H groups in total. The summed E-state index contributed by atoms with van der Waals surface area (Å²) in [6, 6.07) is 3.93. The molecule has 19 heavy (non-hydrogen) atoms. The summed E-state index contributed by atoms with van der Waals surface area (Å²) in [4.78, 5) is 12.3. The van der Waals surface area contributed by atoms with E-state index in [1.54, 1.807) is 6.20 Å². The van der Waals surface area contributed by atoms with E-state index in [1.807, 2.05) is 12.1 Å². The minimum Gasteiger partial charge on any atom is -0.379 e. The van der Waals surface area contributed by atoms with Crippen LogP contribution in [0, 0.1) is 0 Å². The Hall–Kier alpha value is -0.950. The van der Waals surface area contributed by atoms with Crippen molar-refractivity contribution in [1.29, 1.82) is 0 Å². The number of morpholine rings is 1. The Labute approximate surface area is 120 Å². The second-order valence-corrected chi connectivity index (χ2v) is 5.53. The fourth-order valence-corrected chi connectivity index (χ4v) is 2.43. The summed E-state index contributed by atoms with van der Waals surface area (Å²) < 4.78 is 6.31. The molecule has 0 radical (unpaired) electrons. The first-order valence-corrected chi connectivity index (χ1v) is 7.16. The zero-order valence-electron chi connectivity index (χ0n) is 10.5. The number of pyridine rings is 1. The quantitative estimate of drug-likeness (QED) is 0.910. The second kappa shape index (κ2) is 6.00. The minimum absolute atomic E-state index is 0.0681. The predicted molar refractivity (Wildman–Crippen MR) is 75.2 cm³/mol. The second-order valence-electron chi connectivity index (χ2n) is 4.61. The Kier molecular flexibility index (Phi) is 4.12. The van der Waals surface area contributed by atoms with E-state index < -0.39 is 0 Å². The third-order valence-corrected chi connectivity index (χ3v) is 3.69. The van der Waals surface area contributed by atoms with E-state index in [2.05, 4.69) is 37.4 Å². The van der Waals surface area contributed by atoms with Crippen LogP contribution in [0.2, 0.25) is 0 Å². The predicted octanol–water partition coefficient (Wildman–Crippen LogP) is 1.42. The average Bonchev–Trinajstić information content (AvgIpc) is 2.89. The summed E-state index contributed by atoms with van der Waals surface area (Å²) in [5, 5.41) is 0. The Morgan fingerprint density at radius 1 is 1.37 bits per heavy atom. The van der Waals surface area contributed by atoms with E-state index in [-0.39, 0.29) is 6.10 Å². The van der Waals surface area contributed by atoms with Gasteiger partial charge in [-0.25, -0.2) is 0 Å². The summed E-state index contributed by atoms with van der Waals surface area (Å²) >= 11 is 3.38. The van der Waals surface area contributed by atoms with Crippen molar-refractivity contribution in [3.8, 4) is 0 Å². The van der Waals surface area contributed by atoms with Crippen molar-refractivity contribution in [3.63, 3.8) is 0 Å². The molecule has 1 aromatic heterocycles. The van der Waals surface area contributed by atoms with E-state index in [0.717, 1.165) is 48.7 Å². The van der Waals surface area contributed by atoms with Crippen LogP contribution in [0.1, 0.15) is 5.69 Å². The van der Waals surface area contributed by atoms with Gasteiger partial charge in [0.2, 0.25) is 0 Å². The lowest BCUT2D eigenvalue weighted by Gasteiger charge is -2.27. The number of ether oxygens (including phenoxy) is 1. The third kappa shape index (κ3) is 3.33. The Morgan fingerprint density at radius 2 is 2.21 bits per heavy atom. The van der Waals surface area contributed by atoms with Crippen molar-refractivity contribution >= 4 is 21.6 Å². The van der Waals surface area contributed by atoms with Crippen LogP contribution in [0.5, 0.6) is 0 Å². The highest BCUT2D eigenvalue weighted by Crippen LogP contribution is 2.19. The maximum absolute atomic E-state index is 5.58. The number of hydrogen-bond acceptors (Lipinski definition) is 5. The molecule has 6 heteroatoms. The highest BCUT2D eigenvalue weighted by Gasteiger charge is 2.22. The molecule has 3 heterocycles. The molecule has 102 valence electrons. The van der Waals surface area contributed by atoms with Crippen molar-refractivity contribution in [1.82, 2.24) is 15.4 Å². The number of aromatic nitrogens is 1. The molecule has 1 aromatic rings. The molecule has 0 aliphatic carbocycles. The van der Waals surface area contributed by atoms with Gasteiger partial charge in [0.1, 0.15) is 6.10 Å². The van der Waals surface area contributed by atoms with Gasteiger partial charge in [-0.2, -0.15) is 0 Å². The van der Waals surface area contributed by atoms with Gasteiger partial charge in [0, 0.05) is 30.3 Å². The van der Waals surface area contributed by atoms with Crippen molar-refractivity contribution < 1.29 is 9.57 Å². The monoisotopic (exact) mass is 325 g/mol. The van der Waals surface area contributed by atoms with Gasteiger partial charge >= 0.3 is 0 Å². The molecule has 0 aromatic carbocycles. The van der Waals surface area contributed by atoms with Gasteiger partial charge < -0.3 is 4.74 Å². The van der Waals surface area contributed by atoms with Gasteiger partial charge in [0.15, 0.2) is 0 Å². The first-order valence-electron chi connectivity index (χ1n) is 6.37. The molecule has 2 aliphatic rings. The van der Waals surface area contributed by atoms with Gasteiger partial charge in [-0.05, 0) is 34.1 Å². The highest BCUT2D eigenvalue weighted by atomic mass is 79.9. The fraction of sp³-hybridized carbons (Fsp3) is 0.462. The van der Waals surface area contributed by atoms with E-state index in [9.17, 15) is 0 Å². The van der Waals surface area contributed by atoms with Crippen molar-refractivity contribution in [3.05, 3.63) is 34.6 Å². The van der Waals surface area contributed by atoms with E-state index in [1.165, 1.54) is 0 Å². The van der Waals surface area contributed by atoms with Crippen LogP contribution in [0.15, 0.2) is 28.9 Å². The first-order chi connectivity index (χ1) is 9.31. The Morgan fingerprint density at radius 3 is 2.95 bits per heavy atom. The number of nitrogens with one attached hydrogen (secondary N) is 1. The lowest BCUT2D eigenvalue weighted by molar-refractivity contribution is -0.00802. The maximum atomic E-state index is 5.58. The fourth-order valence-electron chi connectivity index (χ4n) is 2.19. The molecule has 2 aliphatic heterocycles. The zero-order valence-corrected chi connectivity index (χ0v) is 12.1. The maximum Gasteiger partial charge on any atom is 0.119 e. The average molecular weight is 326 g/mol. The molecule has 0 saturated carbocycles. The highest BCUT2D eigenvalue weighted by molar-refractivity contribution is 9.10. The summed E-state index contributed by atoms with van der Waals surface area (Å²) in [5.41, 5.74) is 4.79. The van der Waals surface area contributed by atoms with Crippen LogP contribution < -0.4 is 5.48 Å². The largest absolute Gasteiger partial charge is 0.379 e. The van der Waals surface area contributed by atoms with E-state index in [4.69, 9.17) is 9.57 Å². The molecule has 1 fully saturated rings. The third-order valence-electron chi connectivity index (χ3n) is 3.22. The van der Waals surface area contributed by atoms with Crippen LogP contribution in [0.3, 0.4) is 0 Å². The van der Waals surface area contributed by atoms with Crippen molar-refractivity contribution in [2.24, 2.45) is 0 Å². The first kappa shape index (κ1) is 13.1. The van der Waals surface area contributed by atoms with Gasteiger partial charge in [0.05, 0.1) is 24.6 Å². The molecule has 0 unspecified atom stereocenters. The van der Waals surface area contributed by atoms with Crippen molar-refractivity contribution in [2.45, 2.75) is 6.10 Å². The number of nitrogens with zero attached hydrogens (tertiary/aromatic N) is 2. The smallest absolute Gasteiger partial charge is 0.119 e. The molecule has 0 amide bonds. The number of hydrogen-bond donors (Lipinski definition) is 1. The van der Waals surface area contributed by atoms with Gasteiger partial charge in [-0.3, -0.25) is 20.2 Å². The number of hydroxylamine groups is 1. The van der Waals surface area contributed by atoms with Crippen molar-refractivity contribution in [2.75, 3.05) is 32.8 Å². The van der Waals surface area contributed by atoms with E-state index in [0.29, 0.717) is 0 Å². The SMILES string of the molecule is Brc1ccc(C2=C[C@H](CN3CCOCC3)ON2)nc1. The molecule has 5 nitrogen and oxygen atoms in total. The molecule has 1 saturated heterocycles. The normalized spacial score (nSPS) is 24.1. The van der Waals surface area contributed by atoms with Crippen LogP contribution in [-0.2, 0) is 9.57 Å². The lowest BCUT2D eigenvalue weighted by Crippen LogP contribution is -2.40. The number of halogens is 1. The van der Waals surface area contributed by atoms with Gasteiger partial charge in [-0.15, -0.1) is 0 Å². The number of rotatable bonds is 3. The molecule has 0 spiro atoms. The molecule has 0 bridgehead atoms. The van der Waals surface area contributed by atoms with Crippen LogP contribution in [-0.4, -0.2) is 48.8 Å². The molecule has 3 rings (SSSR count). The summed E-state index contributed by atoms with van der Waals surface area (Å²) in [7, 11) is 0. The van der Waals surface area contributed by atoms with Gasteiger partial charge in [0.25, 0.3) is 0 Å². The standard InChI is InChI=1S/C13H16BrN3O2/c14-10-1-2-12(15-8-10)13-7-11(19-16-13)9-17-3-5-18-6-4-17/h1-2,7-8,11,16H,3-6,9H2/t11-/m1/s1. The summed E-state index contributed by atoms with van der Waals surface area (Å²) in [6.45, 7) is 4.45. The van der Waals surface area contributed by atoms with Crippen LogP contribution in [0.4, 0.5) is 0 Å². The lowest BCUT2D eigenvalue weighted by atomic mass is 10.2. The van der Waals surface area contributed by atoms with Crippen LogP contribution in [0.25, 0.3) is 5.70 Å². The molecule has 1 atom stereocenters. The Balaban J connectivity index is 1.62. The Bertz CT molecular complexity index is 457. The zero-order chi connectivity index (χ0) is 13.1. The van der Waals surface area contributed by atoms with E-state index >= 15 is 0 Å². The van der Waals surface area contributed by atoms with Gasteiger partial charge in [-0.1, -0.05) is 0 Å². The minimum atomic E-state index is 0.0681. The summed E-state index contributed by atoms with van der Waals surface area (Å²) in [6.07, 6.45) is 3.94.